The average molecular weight is 503 g/mol. The molecule has 5 aliphatic carbocycles. The van der Waals surface area contributed by atoms with Crippen molar-refractivity contribution >= 4 is 0 Å². The van der Waals surface area contributed by atoms with E-state index in [1.54, 1.807) is 0 Å². The molecule has 2 unspecified atom stereocenters. The number of hydrogen-bond donors (Lipinski definition) is 1. The highest BCUT2D eigenvalue weighted by Crippen LogP contribution is 2.89. The number of aliphatic hydroxyl groups is 1. The van der Waals surface area contributed by atoms with Crippen LogP contribution in [0.2, 0.25) is 0 Å². The van der Waals surface area contributed by atoms with Crippen molar-refractivity contribution in [3.05, 3.63) is 0 Å². The first-order chi connectivity index (χ1) is 16.7. The summed E-state index contributed by atoms with van der Waals surface area (Å²) in [5.74, 6) is 1.86. The van der Waals surface area contributed by atoms with Crippen LogP contribution in [-0.4, -0.2) is 48.8 Å². The number of hydrogen-bond acceptors (Lipinski definition) is 4. The smallest absolute Gasteiger partial charge is 0.0883 e. The Morgan fingerprint density at radius 3 is 2.14 bits per heavy atom. The largest absolute Gasteiger partial charge is 0.393 e. The van der Waals surface area contributed by atoms with Crippen molar-refractivity contribution in [2.45, 2.75) is 142 Å². The lowest BCUT2D eigenvalue weighted by atomic mass is 9.41. The van der Waals surface area contributed by atoms with Gasteiger partial charge in [0.2, 0.25) is 0 Å². The Bertz CT molecular complexity index is 914. The van der Waals surface area contributed by atoms with Gasteiger partial charge in [-0.3, -0.25) is 0 Å². The van der Waals surface area contributed by atoms with Gasteiger partial charge < -0.3 is 19.3 Å². The molecule has 1 aliphatic heterocycles. The Balaban J connectivity index is 1.35. The fraction of sp³-hybridized carbons (Fsp3) is 1.00. The highest BCUT2D eigenvalue weighted by Gasteiger charge is 2.83. The summed E-state index contributed by atoms with van der Waals surface area (Å²) in [5.41, 5.74) is 1.06. The van der Waals surface area contributed by atoms with E-state index in [1.807, 2.05) is 14.2 Å². The van der Waals surface area contributed by atoms with Crippen LogP contribution >= 0.6 is 0 Å². The topological polar surface area (TPSA) is 47.9 Å². The standard InChI is InChI=1S/C32H54O4/c1-26(2)21-10-11-22-29(6)18-20(34-8)25(30(7)14-13-24(36-30)27(3,4)35-9)28(29,5)16-17-32(22)19-31(21,32)15-12-23(26)33/h20-25,33H,10-19H2,1-9H3/t20-,21?,22-,23-,24-,25?,28+,29-,30+,31+,32-/m0/s1. The van der Waals surface area contributed by atoms with Crippen LogP contribution in [0.3, 0.4) is 0 Å². The number of fused-ring (bicyclic) bond motifs is 2. The predicted octanol–water partition coefficient (Wildman–Crippen LogP) is 6.77. The summed E-state index contributed by atoms with van der Waals surface area (Å²) in [7, 11) is 3.77. The molecule has 0 amide bonds. The summed E-state index contributed by atoms with van der Waals surface area (Å²) in [6.45, 7) is 16.8. The molecule has 6 aliphatic rings. The second-order valence-electron chi connectivity index (χ2n) is 16.1. The molecule has 4 nitrogen and oxygen atoms in total. The predicted molar refractivity (Wildman–Crippen MR) is 143 cm³/mol. The van der Waals surface area contributed by atoms with E-state index in [4.69, 9.17) is 14.2 Å². The number of ether oxygens (including phenoxy) is 3. The van der Waals surface area contributed by atoms with Gasteiger partial charge in [0.15, 0.2) is 0 Å². The molecule has 1 saturated heterocycles. The number of rotatable bonds is 4. The van der Waals surface area contributed by atoms with Crippen molar-refractivity contribution in [2.75, 3.05) is 14.2 Å². The van der Waals surface area contributed by atoms with Crippen LogP contribution in [0.4, 0.5) is 0 Å². The van der Waals surface area contributed by atoms with Crippen molar-refractivity contribution in [1.29, 1.82) is 0 Å². The second-order valence-corrected chi connectivity index (χ2v) is 16.1. The van der Waals surface area contributed by atoms with Gasteiger partial charge in [-0.2, -0.15) is 0 Å². The molecule has 0 bridgehead atoms. The fourth-order valence-corrected chi connectivity index (χ4v) is 12.4. The molecule has 1 heterocycles. The van der Waals surface area contributed by atoms with Crippen molar-refractivity contribution in [3.8, 4) is 0 Å². The van der Waals surface area contributed by atoms with E-state index in [1.165, 1.54) is 44.9 Å². The molecule has 206 valence electrons. The first-order valence-corrected chi connectivity index (χ1v) is 15.1. The Kier molecular flexibility index (Phi) is 5.45. The summed E-state index contributed by atoms with van der Waals surface area (Å²) < 4.78 is 19.3. The van der Waals surface area contributed by atoms with Crippen LogP contribution in [0, 0.1) is 44.8 Å². The average Bonchev–Trinajstić information content (AvgIpc) is 3.20. The number of aliphatic hydroxyl groups excluding tert-OH is 1. The maximum absolute atomic E-state index is 11.0. The summed E-state index contributed by atoms with van der Waals surface area (Å²) in [5, 5.41) is 11.0. The number of methoxy groups -OCH3 is 2. The van der Waals surface area contributed by atoms with E-state index in [0.717, 1.165) is 25.2 Å². The highest BCUT2D eigenvalue weighted by atomic mass is 16.6. The molecular weight excluding hydrogens is 448 g/mol. The third-order valence-electron chi connectivity index (χ3n) is 14.6. The summed E-state index contributed by atoms with van der Waals surface area (Å²) in [6, 6.07) is 0. The molecule has 6 fully saturated rings. The molecule has 0 aromatic heterocycles. The molecule has 2 spiro atoms. The third kappa shape index (κ3) is 2.87. The third-order valence-corrected chi connectivity index (χ3v) is 14.6. The van der Waals surface area contributed by atoms with Crippen LogP contribution < -0.4 is 0 Å². The second kappa shape index (κ2) is 7.52. The van der Waals surface area contributed by atoms with Crippen LogP contribution in [0.15, 0.2) is 0 Å². The van der Waals surface area contributed by atoms with Gasteiger partial charge in [-0.15, -0.1) is 0 Å². The molecular formula is C32H54O4. The monoisotopic (exact) mass is 502 g/mol. The van der Waals surface area contributed by atoms with E-state index in [2.05, 4.69) is 48.5 Å². The molecule has 0 aromatic carbocycles. The first kappa shape index (κ1) is 26.1. The molecule has 11 atom stereocenters. The van der Waals surface area contributed by atoms with Crippen molar-refractivity contribution in [2.24, 2.45) is 44.8 Å². The molecule has 0 radical (unpaired) electrons. The minimum absolute atomic E-state index is 0.0516. The van der Waals surface area contributed by atoms with Gasteiger partial charge in [-0.25, -0.2) is 0 Å². The van der Waals surface area contributed by atoms with Crippen molar-refractivity contribution in [3.63, 3.8) is 0 Å². The molecule has 1 N–H and O–H groups in total. The van der Waals surface area contributed by atoms with E-state index in [9.17, 15) is 5.11 Å². The summed E-state index contributed by atoms with van der Waals surface area (Å²) in [4.78, 5) is 0. The van der Waals surface area contributed by atoms with Gasteiger partial charge in [-0.1, -0.05) is 27.7 Å². The Morgan fingerprint density at radius 1 is 0.806 bits per heavy atom. The Labute approximate surface area is 220 Å². The normalized spacial score (nSPS) is 57.5. The van der Waals surface area contributed by atoms with Gasteiger partial charge >= 0.3 is 0 Å². The summed E-state index contributed by atoms with van der Waals surface area (Å²) >= 11 is 0. The van der Waals surface area contributed by atoms with Crippen molar-refractivity contribution in [1.82, 2.24) is 0 Å². The molecule has 4 heteroatoms. The Morgan fingerprint density at radius 2 is 1.47 bits per heavy atom. The zero-order valence-corrected chi connectivity index (χ0v) is 24.7. The lowest BCUT2D eigenvalue weighted by Gasteiger charge is -2.63. The van der Waals surface area contributed by atoms with E-state index in [0.29, 0.717) is 22.7 Å². The maximum Gasteiger partial charge on any atom is 0.0883 e. The maximum atomic E-state index is 11.0. The highest BCUT2D eigenvalue weighted by molar-refractivity contribution is 5.32. The van der Waals surface area contributed by atoms with Crippen LogP contribution in [0.25, 0.3) is 0 Å². The lowest BCUT2D eigenvalue weighted by molar-refractivity contribution is -0.200. The van der Waals surface area contributed by atoms with Crippen LogP contribution in [0.1, 0.15) is 113 Å². The van der Waals surface area contributed by atoms with Gasteiger partial charge in [0.25, 0.3) is 0 Å². The van der Waals surface area contributed by atoms with E-state index < -0.39 is 0 Å². The van der Waals surface area contributed by atoms with Gasteiger partial charge in [0, 0.05) is 20.1 Å². The van der Waals surface area contributed by atoms with Gasteiger partial charge in [0.1, 0.15) is 0 Å². The SMILES string of the molecule is CO[C@H]1C[C@@]2(C)[C@@H]3CCC4C(C)(C)[C@@H](O)CC[C@@]45C[C@@]35CC[C@]2(C)C1[C@@]1(C)CC[C@@H](C(C)(C)OC)O1. The first-order valence-electron chi connectivity index (χ1n) is 15.1. The Hall–Kier alpha value is -0.160. The van der Waals surface area contributed by atoms with E-state index in [-0.39, 0.29) is 45.8 Å². The quantitative estimate of drug-likeness (QED) is 0.461. The fourth-order valence-electron chi connectivity index (χ4n) is 12.4. The minimum Gasteiger partial charge on any atom is -0.393 e. The van der Waals surface area contributed by atoms with Crippen LogP contribution in [-0.2, 0) is 14.2 Å². The molecule has 5 saturated carbocycles. The van der Waals surface area contributed by atoms with Gasteiger partial charge in [-0.05, 0) is 124 Å². The minimum atomic E-state index is -0.267. The molecule has 36 heavy (non-hydrogen) atoms. The molecule has 6 rings (SSSR count). The van der Waals surface area contributed by atoms with E-state index >= 15 is 0 Å². The van der Waals surface area contributed by atoms with Gasteiger partial charge in [0.05, 0.1) is 29.5 Å². The van der Waals surface area contributed by atoms with Crippen molar-refractivity contribution < 1.29 is 19.3 Å². The lowest BCUT2D eigenvalue weighted by Crippen LogP contribution is -2.59. The summed E-state index contributed by atoms with van der Waals surface area (Å²) in [6.07, 6.45) is 12.5. The zero-order valence-electron chi connectivity index (χ0n) is 24.7. The van der Waals surface area contributed by atoms with Crippen LogP contribution in [0.5, 0.6) is 0 Å². The molecule has 0 aromatic rings. The zero-order chi connectivity index (χ0) is 26.2.